The van der Waals surface area contributed by atoms with E-state index in [1.54, 1.807) is 0 Å². The predicted molar refractivity (Wildman–Crippen MR) is 99.7 cm³/mol. The topological polar surface area (TPSA) is 35.8 Å². The monoisotopic (exact) mass is 314 g/mol. The summed E-state index contributed by atoms with van der Waals surface area (Å²) < 4.78 is 0. The minimum atomic E-state index is -0.154. The van der Waals surface area contributed by atoms with Gasteiger partial charge in [0.2, 0.25) is 0 Å². The summed E-state index contributed by atoms with van der Waals surface area (Å²) in [6, 6.07) is 27.5. The number of rotatable bonds is 6. The van der Waals surface area contributed by atoms with Crippen LogP contribution in [0.5, 0.6) is 0 Å². The quantitative estimate of drug-likeness (QED) is 0.694. The van der Waals surface area contributed by atoms with E-state index in [1.807, 2.05) is 18.2 Å². The van der Waals surface area contributed by atoms with Crippen molar-refractivity contribution in [1.29, 1.82) is 5.26 Å². The van der Waals surface area contributed by atoms with Gasteiger partial charge in [-0.15, -0.1) is 0 Å². The standard InChI is InChI=1S/C22H22N2/c1-17(18-8-3-2-4-9-18)24-21(16-23)15-14-20-12-7-11-19-10-5-6-13-22(19)20/h2-13,17,21,24H,14-15H2,1H3/t17-,21?/m0/s1. The summed E-state index contributed by atoms with van der Waals surface area (Å²) in [5.74, 6) is 0. The number of hydrogen-bond acceptors (Lipinski definition) is 2. The fourth-order valence-electron chi connectivity index (χ4n) is 3.14. The van der Waals surface area contributed by atoms with E-state index in [0.717, 1.165) is 12.8 Å². The molecule has 3 rings (SSSR count). The summed E-state index contributed by atoms with van der Waals surface area (Å²) in [5, 5.41) is 15.5. The molecule has 0 fully saturated rings. The molecule has 2 atom stereocenters. The smallest absolute Gasteiger partial charge is 0.0960 e. The minimum absolute atomic E-state index is 0.154. The first-order valence-corrected chi connectivity index (χ1v) is 8.45. The molecule has 2 heteroatoms. The van der Waals surface area contributed by atoms with Gasteiger partial charge in [-0.25, -0.2) is 0 Å². The molecule has 0 aliphatic rings. The van der Waals surface area contributed by atoms with Crippen molar-refractivity contribution in [2.45, 2.75) is 31.8 Å². The first kappa shape index (κ1) is 16.2. The van der Waals surface area contributed by atoms with Gasteiger partial charge in [0.25, 0.3) is 0 Å². The van der Waals surface area contributed by atoms with Crippen LogP contribution in [0.4, 0.5) is 0 Å². The molecule has 0 bridgehead atoms. The third kappa shape index (κ3) is 3.82. The molecule has 1 N–H and O–H groups in total. The Hall–Kier alpha value is -2.63. The average Bonchev–Trinajstić information content (AvgIpc) is 2.65. The zero-order chi connectivity index (χ0) is 16.8. The highest BCUT2D eigenvalue weighted by Crippen LogP contribution is 2.21. The maximum absolute atomic E-state index is 9.50. The van der Waals surface area contributed by atoms with Crippen molar-refractivity contribution < 1.29 is 0 Å². The molecule has 0 spiro atoms. The number of nitrogens with zero attached hydrogens (tertiary/aromatic N) is 1. The van der Waals surface area contributed by atoms with Crippen molar-refractivity contribution >= 4 is 10.8 Å². The molecular weight excluding hydrogens is 292 g/mol. The van der Waals surface area contributed by atoms with Crippen LogP contribution in [0, 0.1) is 11.3 Å². The van der Waals surface area contributed by atoms with E-state index >= 15 is 0 Å². The van der Waals surface area contributed by atoms with Crippen molar-refractivity contribution in [2.75, 3.05) is 0 Å². The molecule has 0 amide bonds. The first-order chi connectivity index (χ1) is 11.8. The Morgan fingerprint density at radius 1 is 0.917 bits per heavy atom. The number of benzene rings is 3. The zero-order valence-electron chi connectivity index (χ0n) is 13.9. The van der Waals surface area contributed by atoms with Gasteiger partial charge >= 0.3 is 0 Å². The van der Waals surface area contributed by atoms with Crippen LogP contribution in [0.2, 0.25) is 0 Å². The Labute approximate surface area is 143 Å². The van der Waals surface area contributed by atoms with Crippen molar-refractivity contribution in [3.05, 3.63) is 83.9 Å². The van der Waals surface area contributed by atoms with E-state index in [1.165, 1.54) is 21.9 Å². The molecule has 0 radical (unpaired) electrons. The lowest BCUT2D eigenvalue weighted by Crippen LogP contribution is -2.30. The highest BCUT2D eigenvalue weighted by molar-refractivity contribution is 5.85. The number of hydrogen-bond donors (Lipinski definition) is 1. The maximum atomic E-state index is 9.50. The molecule has 0 aromatic heterocycles. The Bertz CT molecular complexity index is 828. The second-order valence-corrected chi connectivity index (χ2v) is 6.16. The van der Waals surface area contributed by atoms with Gasteiger partial charge in [0.05, 0.1) is 12.1 Å². The molecular formula is C22H22N2. The maximum Gasteiger partial charge on any atom is 0.0960 e. The van der Waals surface area contributed by atoms with Crippen LogP contribution in [-0.4, -0.2) is 6.04 Å². The van der Waals surface area contributed by atoms with Crippen molar-refractivity contribution in [1.82, 2.24) is 5.32 Å². The molecule has 0 saturated carbocycles. The normalized spacial score (nSPS) is 13.3. The lowest BCUT2D eigenvalue weighted by molar-refractivity contribution is 0.496. The Balaban J connectivity index is 1.67. The van der Waals surface area contributed by atoms with E-state index in [0.29, 0.717) is 0 Å². The summed E-state index contributed by atoms with van der Waals surface area (Å²) in [4.78, 5) is 0. The number of nitriles is 1. The van der Waals surface area contributed by atoms with Gasteiger partial charge < -0.3 is 0 Å². The Morgan fingerprint density at radius 2 is 1.62 bits per heavy atom. The van der Waals surface area contributed by atoms with E-state index in [-0.39, 0.29) is 12.1 Å². The van der Waals surface area contributed by atoms with Crippen molar-refractivity contribution in [2.24, 2.45) is 0 Å². The predicted octanol–water partition coefficient (Wildman–Crippen LogP) is 5.02. The van der Waals surface area contributed by atoms with Gasteiger partial charge in [-0.05, 0) is 41.7 Å². The summed E-state index contributed by atoms with van der Waals surface area (Å²) in [6.45, 7) is 2.11. The minimum Gasteiger partial charge on any atom is -0.295 e. The van der Waals surface area contributed by atoms with Crippen LogP contribution in [-0.2, 0) is 6.42 Å². The van der Waals surface area contributed by atoms with Gasteiger partial charge in [0.1, 0.15) is 0 Å². The van der Waals surface area contributed by atoms with Gasteiger partial charge in [-0.1, -0.05) is 72.8 Å². The highest BCUT2D eigenvalue weighted by atomic mass is 14.9. The summed E-state index contributed by atoms with van der Waals surface area (Å²) in [7, 11) is 0. The van der Waals surface area contributed by atoms with E-state index < -0.39 is 0 Å². The largest absolute Gasteiger partial charge is 0.295 e. The van der Waals surface area contributed by atoms with Crippen LogP contribution in [0.25, 0.3) is 10.8 Å². The Kier molecular flexibility index (Phi) is 5.25. The summed E-state index contributed by atoms with van der Waals surface area (Å²) >= 11 is 0. The molecule has 0 aliphatic heterocycles. The molecule has 0 saturated heterocycles. The molecule has 2 nitrogen and oxygen atoms in total. The van der Waals surface area contributed by atoms with Gasteiger partial charge in [0, 0.05) is 6.04 Å². The van der Waals surface area contributed by atoms with E-state index in [4.69, 9.17) is 0 Å². The van der Waals surface area contributed by atoms with Gasteiger partial charge in [-0.2, -0.15) is 5.26 Å². The second kappa shape index (κ2) is 7.77. The number of nitrogens with one attached hydrogen (secondary N) is 1. The van der Waals surface area contributed by atoms with Crippen LogP contribution in [0.3, 0.4) is 0 Å². The van der Waals surface area contributed by atoms with Crippen LogP contribution in [0.15, 0.2) is 72.8 Å². The van der Waals surface area contributed by atoms with Gasteiger partial charge in [-0.3, -0.25) is 5.32 Å². The van der Waals surface area contributed by atoms with E-state index in [2.05, 4.69) is 72.9 Å². The molecule has 0 aliphatic carbocycles. The van der Waals surface area contributed by atoms with Crippen LogP contribution in [0.1, 0.15) is 30.5 Å². The zero-order valence-corrected chi connectivity index (χ0v) is 13.9. The second-order valence-electron chi connectivity index (χ2n) is 6.16. The lowest BCUT2D eigenvalue weighted by Gasteiger charge is -2.19. The fourth-order valence-corrected chi connectivity index (χ4v) is 3.14. The molecule has 3 aromatic carbocycles. The van der Waals surface area contributed by atoms with Crippen LogP contribution >= 0.6 is 0 Å². The molecule has 120 valence electrons. The third-order valence-electron chi connectivity index (χ3n) is 4.49. The molecule has 0 heterocycles. The molecule has 3 aromatic rings. The fraction of sp³-hybridized carbons (Fsp3) is 0.227. The highest BCUT2D eigenvalue weighted by Gasteiger charge is 2.13. The number of fused-ring (bicyclic) bond motifs is 1. The lowest BCUT2D eigenvalue weighted by atomic mass is 9.98. The average molecular weight is 314 g/mol. The SMILES string of the molecule is C[C@H](NC(C#N)CCc1cccc2ccccc12)c1ccccc1. The van der Waals surface area contributed by atoms with E-state index in [9.17, 15) is 5.26 Å². The summed E-state index contributed by atoms with van der Waals surface area (Å²) in [6.07, 6.45) is 1.70. The molecule has 24 heavy (non-hydrogen) atoms. The van der Waals surface area contributed by atoms with Crippen LogP contribution < -0.4 is 5.32 Å². The van der Waals surface area contributed by atoms with Crippen molar-refractivity contribution in [3.8, 4) is 6.07 Å². The van der Waals surface area contributed by atoms with Gasteiger partial charge in [0.15, 0.2) is 0 Å². The molecule has 1 unspecified atom stereocenters. The van der Waals surface area contributed by atoms with Crippen molar-refractivity contribution in [3.63, 3.8) is 0 Å². The Morgan fingerprint density at radius 3 is 2.42 bits per heavy atom. The first-order valence-electron chi connectivity index (χ1n) is 8.45. The third-order valence-corrected chi connectivity index (χ3v) is 4.49. The summed E-state index contributed by atoms with van der Waals surface area (Å²) in [5.41, 5.74) is 2.52. The number of aryl methyl sites for hydroxylation is 1.